The highest BCUT2D eigenvalue weighted by Crippen LogP contribution is 2.08. The van der Waals surface area contributed by atoms with E-state index in [0.29, 0.717) is 19.1 Å². The molecule has 0 amide bonds. The Balaban J connectivity index is 3.91. The zero-order chi connectivity index (χ0) is 11.2. The molecule has 84 valence electrons. The summed E-state index contributed by atoms with van der Waals surface area (Å²) in [4.78, 5) is 11.2. The molecule has 0 aromatic heterocycles. The standard InChI is InChI=1S/C10H21INO2/c1-5-9(12(2,3)4)8-14-10(13)6-7-11/h9H,5-8H2,1-4H3/q+1. The van der Waals surface area contributed by atoms with Gasteiger partial charge in [0.25, 0.3) is 0 Å². The van der Waals surface area contributed by atoms with Gasteiger partial charge in [-0.1, -0.05) is 29.5 Å². The van der Waals surface area contributed by atoms with Crippen molar-refractivity contribution in [3.63, 3.8) is 0 Å². The van der Waals surface area contributed by atoms with Crippen molar-refractivity contribution in [3.8, 4) is 0 Å². The van der Waals surface area contributed by atoms with Gasteiger partial charge < -0.3 is 9.22 Å². The summed E-state index contributed by atoms with van der Waals surface area (Å²) < 4.78 is 6.88. The van der Waals surface area contributed by atoms with E-state index < -0.39 is 0 Å². The van der Waals surface area contributed by atoms with E-state index in [9.17, 15) is 4.79 Å². The lowest BCUT2D eigenvalue weighted by Crippen LogP contribution is -2.47. The van der Waals surface area contributed by atoms with Crippen LogP contribution >= 0.6 is 22.6 Å². The van der Waals surface area contributed by atoms with Gasteiger partial charge in [-0.15, -0.1) is 0 Å². The average molecular weight is 314 g/mol. The van der Waals surface area contributed by atoms with Crippen molar-refractivity contribution in [3.05, 3.63) is 0 Å². The molecule has 1 atom stereocenters. The summed E-state index contributed by atoms with van der Waals surface area (Å²) in [5.74, 6) is -0.0775. The Bertz CT molecular complexity index is 177. The maximum atomic E-state index is 11.2. The molecule has 0 bridgehead atoms. The first-order chi connectivity index (χ1) is 6.41. The number of hydrogen-bond acceptors (Lipinski definition) is 2. The molecule has 0 aromatic carbocycles. The summed E-state index contributed by atoms with van der Waals surface area (Å²) >= 11 is 2.18. The number of quaternary nitrogens is 1. The molecule has 0 radical (unpaired) electrons. The van der Waals surface area contributed by atoms with E-state index in [1.54, 1.807) is 0 Å². The lowest BCUT2D eigenvalue weighted by molar-refractivity contribution is -0.896. The Kier molecular flexibility index (Phi) is 6.68. The molecule has 0 heterocycles. The summed E-state index contributed by atoms with van der Waals surface area (Å²) in [6.45, 7) is 2.66. The first-order valence-corrected chi connectivity index (χ1v) is 6.47. The van der Waals surface area contributed by atoms with E-state index in [0.717, 1.165) is 15.3 Å². The minimum atomic E-state index is -0.0775. The van der Waals surface area contributed by atoms with Gasteiger partial charge in [0, 0.05) is 10.8 Å². The van der Waals surface area contributed by atoms with Crippen LogP contribution in [0.4, 0.5) is 0 Å². The van der Waals surface area contributed by atoms with E-state index >= 15 is 0 Å². The summed E-state index contributed by atoms with van der Waals surface area (Å²) in [5.41, 5.74) is 0. The van der Waals surface area contributed by atoms with Crippen LogP contribution < -0.4 is 0 Å². The average Bonchev–Trinajstić information content (AvgIpc) is 2.03. The molecule has 0 spiro atoms. The Hall–Kier alpha value is 0.160. The number of esters is 1. The predicted molar refractivity (Wildman–Crippen MR) is 66.6 cm³/mol. The normalized spacial score (nSPS) is 13.8. The van der Waals surface area contributed by atoms with E-state index in [4.69, 9.17) is 4.74 Å². The second-order valence-electron chi connectivity index (χ2n) is 4.30. The van der Waals surface area contributed by atoms with Crippen LogP contribution in [0, 0.1) is 0 Å². The van der Waals surface area contributed by atoms with E-state index in [1.807, 2.05) is 0 Å². The molecule has 0 aliphatic rings. The number of likely N-dealkylation sites (N-methyl/N-ethyl adjacent to an activating group) is 1. The molecule has 0 N–H and O–H groups in total. The van der Waals surface area contributed by atoms with Crippen molar-refractivity contribution >= 4 is 28.6 Å². The molecule has 14 heavy (non-hydrogen) atoms. The van der Waals surface area contributed by atoms with Gasteiger partial charge in [-0.05, 0) is 0 Å². The maximum Gasteiger partial charge on any atom is 0.306 e. The number of halogens is 1. The highest BCUT2D eigenvalue weighted by molar-refractivity contribution is 14.1. The third kappa shape index (κ3) is 5.80. The molecule has 4 heteroatoms. The Morgan fingerprint density at radius 2 is 2.00 bits per heavy atom. The minimum absolute atomic E-state index is 0.0775. The van der Waals surface area contributed by atoms with Crippen LogP contribution in [0.15, 0.2) is 0 Å². The predicted octanol–water partition coefficient (Wildman–Crippen LogP) is 1.84. The Morgan fingerprint density at radius 1 is 1.43 bits per heavy atom. The van der Waals surface area contributed by atoms with Gasteiger partial charge in [-0.3, -0.25) is 4.79 Å². The Morgan fingerprint density at radius 3 is 2.36 bits per heavy atom. The number of nitrogens with zero attached hydrogens (tertiary/aromatic N) is 1. The molecule has 3 nitrogen and oxygen atoms in total. The quantitative estimate of drug-likeness (QED) is 0.324. The zero-order valence-electron chi connectivity index (χ0n) is 9.55. The van der Waals surface area contributed by atoms with Gasteiger partial charge in [-0.2, -0.15) is 0 Å². The number of rotatable bonds is 6. The monoisotopic (exact) mass is 314 g/mol. The third-order valence-electron chi connectivity index (χ3n) is 2.30. The number of hydrogen-bond donors (Lipinski definition) is 0. The second-order valence-corrected chi connectivity index (χ2v) is 5.38. The van der Waals surface area contributed by atoms with Crippen molar-refractivity contribution in [1.29, 1.82) is 0 Å². The molecular formula is C10H21INO2+. The van der Waals surface area contributed by atoms with E-state index in [2.05, 4.69) is 50.7 Å². The number of carbonyl (C=O) groups excluding carboxylic acids is 1. The maximum absolute atomic E-state index is 11.2. The molecule has 0 aromatic rings. The van der Waals surface area contributed by atoms with Gasteiger partial charge in [-0.25, -0.2) is 0 Å². The lowest BCUT2D eigenvalue weighted by Gasteiger charge is -2.33. The number of alkyl halides is 1. The van der Waals surface area contributed by atoms with Crippen LogP contribution in [0.1, 0.15) is 19.8 Å². The van der Waals surface area contributed by atoms with Crippen molar-refractivity contribution in [2.75, 3.05) is 32.2 Å². The van der Waals surface area contributed by atoms with Crippen LogP contribution in [0.3, 0.4) is 0 Å². The third-order valence-corrected chi connectivity index (χ3v) is 2.84. The van der Waals surface area contributed by atoms with E-state index in [1.165, 1.54) is 0 Å². The number of carbonyl (C=O) groups is 1. The van der Waals surface area contributed by atoms with Crippen LogP contribution in [-0.2, 0) is 9.53 Å². The number of ether oxygens (including phenoxy) is 1. The zero-order valence-corrected chi connectivity index (χ0v) is 11.7. The van der Waals surface area contributed by atoms with Crippen LogP contribution in [-0.4, -0.2) is 48.7 Å². The fourth-order valence-electron chi connectivity index (χ4n) is 1.23. The topological polar surface area (TPSA) is 26.3 Å². The summed E-state index contributed by atoms with van der Waals surface area (Å²) in [7, 11) is 6.38. The van der Waals surface area contributed by atoms with Crippen molar-refractivity contribution in [1.82, 2.24) is 0 Å². The van der Waals surface area contributed by atoms with Gasteiger partial charge in [0.05, 0.1) is 27.6 Å². The summed E-state index contributed by atoms with van der Waals surface area (Å²) in [6.07, 6.45) is 1.55. The highest BCUT2D eigenvalue weighted by atomic mass is 127. The van der Waals surface area contributed by atoms with Crippen molar-refractivity contribution < 1.29 is 14.0 Å². The smallest absolute Gasteiger partial charge is 0.306 e. The van der Waals surface area contributed by atoms with Gasteiger partial charge in [0.1, 0.15) is 12.6 Å². The van der Waals surface area contributed by atoms with Gasteiger partial charge in [0.2, 0.25) is 0 Å². The van der Waals surface area contributed by atoms with Gasteiger partial charge >= 0.3 is 5.97 Å². The largest absolute Gasteiger partial charge is 0.459 e. The molecule has 0 fully saturated rings. The van der Waals surface area contributed by atoms with Crippen LogP contribution in [0.5, 0.6) is 0 Å². The lowest BCUT2D eigenvalue weighted by atomic mass is 10.2. The summed E-state index contributed by atoms with van der Waals surface area (Å²) in [6, 6.07) is 0.396. The first-order valence-electron chi connectivity index (χ1n) is 4.94. The Labute approximate surface area is 101 Å². The molecule has 0 aliphatic carbocycles. The fourth-order valence-corrected chi connectivity index (χ4v) is 1.67. The fraction of sp³-hybridized carbons (Fsp3) is 0.900. The van der Waals surface area contributed by atoms with Crippen LogP contribution in [0.2, 0.25) is 0 Å². The molecule has 0 aliphatic heterocycles. The van der Waals surface area contributed by atoms with Gasteiger partial charge in [0.15, 0.2) is 0 Å². The minimum Gasteiger partial charge on any atom is -0.459 e. The second kappa shape index (κ2) is 6.61. The molecule has 0 saturated carbocycles. The molecular weight excluding hydrogens is 293 g/mol. The SMILES string of the molecule is CCC(COC(=O)CCI)[N+](C)(C)C. The summed E-state index contributed by atoms with van der Waals surface area (Å²) in [5, 5.41) is 0. The first kappa shape index (κ1) is 14.2. The highest BCUT2D eigenvalue weighted by Gasteiger charge is 2.23. The van der Waals surface area contributed by atoms with Crippen molar-refractivity contribution in [2.24, 2.45) is 0 Å². The van der Waals surface area contributed by atoms with Crippen molar-refractivity contribution in [2.45, 2.75) is 25.8 Å². The molecule has 0 saturated heterocycles. The van der Waals surface area contributed by atoms with Crippen LogP contribution in [0.25, 0.3) is 0 Å². The molecule has 1 unspecified atom stereocenters. The molecule has 0 rings (SSSR count). The van der Waals surface area contributed by atoms with E-state index in [-0.39, 0.29) is 5.97 Å².